The van der Waals surface area contributed by atoms with Gasteiger partial charge in [-0.05, 0) is 43.2 Å². The molecule has 0 bridgehead atoms. The number of urea groups is 1. The van der Waals surface area contributed by atoms with Crippen molar-refractivity contribution in [3.63, 3.8) is 0 Å². The first-order valence-electron chi connectivity index (χ1n) is 12.4. The maximum Gasteiger partial charge on any atom is 0.332 e. The van der Waals surface area contributed by atoms with Gasteiger partial charge in [0.1, 0.15) is 11.7 Å². The van der Waals surface area contributed by atoms with Gasteiger partial charge in [-0.25, -0.2) is 9.69 Å². The van der Waals surface area contributed by atoms with E-state index in [1.54, 1.807) is 47.5 Å². The molecule has 35 heavy (non-hydrogen) atoms. The molecule has 4 amide bonds. The SMILES string of the molecule is CC.O=C(Nc1ccc(N2C(=O)C3CN(C4CCCCC4)CCN3C2=O)c(Cl)c1)c1ccccn1. The van der Waals surface area contributed by atoms with E-state index in [0.29, 0.717) is 30.5 Å². The van der Waals surface area contributed by atoms with E-state index in [-0.39, 0.29) is 28.6 Å². The molecule has 9 heteroatoms. The zero-order chi connectivity index (χ0) is 24.9. The number of aromatic nitrogens is 1. The van der Waals surface area contributed by atoms with Crippen molar-refractivity contribution in [2.24, 2.45) is 0 Å². The predicted molar refractivity (Wildman–Crippen MR) is 137 cm³/mol. The fraction of sp³-hybridized carbons (Fsp3) is 0.462. The number of hydrogen-bond acceptors (Lipinski definition) is 5. The van der Waals surface area contributed by atoms with Gasteiger partial charge in [-0.15, -0.1) is 0 Å². The zero-order valence-electron chi connectivity index (χ0n) is 20.2. The van der Waals surface area contributed by atoms with E-state index in [1.165, 1.54) is 24.2 Å². The Hall–Kier alpha value is -2.97. The molecule has 1 atom stereocenters. The molecule has 186 valence electrons. The van der Waals surface area contributed by atoms with Crippen LogP contribution in [0.5, 0.6) is 0 Å². The Balaban J connectivity index is 0.00000141. The van der Waals surface area contributed by atoms with Crippen LogP contribution >= 0.6 is 11.6 Å². The standard InChI is InChI=1S/C24H26ClN5O3.C2H6/c25-18-14-16(27-22(31)19-8-4-5-11-26-19)9-10-20(18)30-23(32)21-15-28(12-13-29(21)24(30)33)17-6-2-1-3-7-17;1-2/h4-5,8-11,14,17,21H,1-3,6-7,12-13,15H2,(H,27,31);1-2H3. The summed E-state index contributed by atoms with van der Waals surface area (Å²) in [5.41, 5.74) is 1.07. The summed E-state index contributed by atoms with van der Waals surface area (Å²) in [6, 6.07) is 9.54. The summed E-state index contributed by atoms with van der Waals surface area (Å²) in [6.07, 6.45) is 7.61. The zero-order valence-corrected chi connectivity index (χ0v) is 21.0. The lowest BCUT2D eigenvalue weighted by molar-refractivity contribution is -0.121. The third-order valence-electron chi connectivity index (χ3n) is 6.79. The predicted octanol–water partition coefficient (Wildman–Crippen LogP) is 4.80. The van der Waals surface area contributed by atoms with Gasteiger partial charge in [-0.2, -0.15) is 0 Å². The number of halogens is 1. The lowest BCUT2D eigenvalue weighted by atomic mass is 9.93. The molecule has 1 aliphatic carbocycles. The third kappa shape index (κ3) is 5.18. The number of pyridine rings is 1. The van der Waals surface area contributed by atoms with Gasteiger partial charge < -0.3 is 10.2 Å². The van der Waals surface area contributed by atoms with Gasteiger partial charge in [0.25, 0.3) is 11.8 Å². The van der Waals surface area contributed by atoms with Crippen molar-refractivity contribution in [1.82, 2.24) is 14.8 Å². The second-order valence-corrected chi connectivity index (χ2v) is 9.19. The highest BCUT2D eigenvalue weighted by atomic mass is 35.5. The van der Waals surface area contributed by atoms with Crippen molar-refractivity contribution in [2.75, 3.05) is 29.9 Å². The molecule has 2 saturated heterocycles. The number of benzene rings is 1. The Morgan fingerprint density at radius 2 is 1.83 bits per heavy atom. The Morgan fingerprint density at radius 1 is 1.06 bits per heavy atom. The Kier molecular flexibility index (Phi) is 8.03. The number of nitrogens with one attached hydrogen (secondary N) is 1. The molecule has 2 aromatic rings. The number of amides is 4. The van der Waals surface area contributed by atoms with Crippen molar-refractivity contribution in [2.45, 2.75) is 58.0 Å². The van der Waals surface area contributed by atoms with Crippen LogP contribution in [0.15, 0.2) is 42.6 Å². The van der Waals surface area contributed by atoms with Crippen LogP contribution in [0.4, 0.5) is 16.2 Å². The van der Waals surface area contributed by atoms with Crippen LogP contribution < -0.4 is 10.2 Å². The molecule has 2 aliphatic heterocycles. The molecule has 3 aliphatic rings. The number of fused-ring (bicyclic) bond motifs is 1. The summed E-state index contributed by atoms with van der Waals surface area (Å²) < 4.78 is 0. The summed E-state index contributed by atoms with van der Waals surface area (Å²) in [4.78, 5) is 48.0. The van der Waals surface area contributed by atoms with Crippen LogP contribution in [0.3, 0.4) is 0 Å². The molecular weight excluding hydrogens is 466 g/mol. The third-order valence-corrected chi connectivity index (χ3v) is 7.09. The smallest absolute Gasteiger partial charge is 0.321 e. The number of carbonyl (C=O) groups excluding carboxylic acids is 3. The highest BCUT2D eigenvalue weighted by Gasteiger charge is 2.49. The van der Waals surface area contributed by atoms with Crippen LogP contribution in [0.25, 0.3) is 0 Å². The van der Waals surface area contributed by atoms with Gasteiger partial charge in [0.15, 0.2) is 0 Å². The minimum atomic E-state index is -0.479. The van der Waals surface area contributed by atoms with Gasteiger partial charge in [-0.3, -0.25) is 19.5 Å². The highest BCUT2D eigenvalue weighted by Crippen LogP contribution is 2.35. The first kappa shape index (κ1) is 25.1. The quantitative estimate of drug-likeness (QED) is 0.613. The minimum Gasteiger partial charge on any atom is -0.321 e. The van der Waals surface area contributed by atoms with Crippen LogP contribution in [0, 0.1) is 0 Å². The van der Waals surface area contributed by atoms with Crippen LogP contribution in [0.1, 0.15) is 56.4 Å². The van der Waals surface area contributed by atoms with Crippen molar-refractivity contribution >= 4 is 40.8 Å². The van der Waals surface area contributed by atoms with Crippen molar-refractivity contribution in [3.8, 4) is 0 Å². The van der Waals surface area contributed by atoms with Gasteiger partial charge in [-0.1, -0.05) is 50.8 Å². The molecule has 0 radical (unpaired) electrons. The molecular formula is C26H32ClN5O3. The molecule has 3 heterocycles. The first-order chi connectivity index (χ1) is 17.0. The van der Waals surface area contributed by atoms with Gasteiger partial charge in [0, 0.05) is 37.6 Å². The number of anilines is 2. The maximum atomic E-state index is 13.3. The monoisotopic (exact) mass is 497 g/mol. The van der Waals surface area contributed by atoms with Crippen molar-refractivity contribution in [1.29, 1.82) is 0 Å². The number of piperazine rings is 1. The van der Waals surface area contributed by atoms with Gasteiger partial charge in [0.05, 0.1) is 10.7 Å². The van der Waals surface area contributed by atoms with Crippen LogP contribution in [-0.4, -0.2) is 64.3 Å². The Morgan fingerprint density at radius 3 is 2.51 bits per heavy atom. The molecule has 1 aromatic carbocycles. The fourth-order valence-corrected chi connectivity index (χ4v) is 5.34. The normalized spacial score (nSPS) is 20.8. The number of rotatable bonds is 4. The van der Waals surface area contributed by atoms with Crippen LogP contribution in [0.2, 0.25) is 5.02 Å². The second-order valence-electron chi connectivity index (χ2n) is 8.79. The maximum absolute atomic E-state index is 13.3. The van der Waals surface area contributed by atoms with Crippen LogP contribution in [-0.2, 0) is 4.79 Å². The number of imide groups is 1. The summed E-state index contributed by atoms with van der Waals surface area (Å²) >= 11 is 6.48. The van der Waals surface area contributed by atoms with Gasteiger partial charge in [0.2, 0.25) is 0 Å². The van der Waals surface area contributed by atoms with E-state index in [9.17, 15) is 14.4 Å². The van der Waals surface area contributed by atoms with Crippen molar-refractivity contribution < 1.29 is 14.4 Å². The Bertz CT molecular complexity index is 1070. The highest BCUT2D eigenvalue weighted by molar-refractivity contribution is 6.36. The second kappa shape index (κ2) is 11.2. The van der Waals surface area contributed by atoms with E-state index in [0.717, 1.165) is 19.4 Å². The molecule has 1 saturated carbocycles. The van der Waals surface area contributed by atoms with E-state index in [1.807, 2.05) is 13.8 Å². The molecule has 0 spiro atoms. The first-order valence-corrected chi connectivity index (χ1v) is 12.8. The Labute approximate surface area is 211 Å². The number of nitrogens with zero attached hydrogens (tertiary/aromatic N) is 4. The van der Waals surface area contributed by atoms with E-state index in [4.69, 9.17) is 11.6 Å². The lowest BCUT2D eigenvalue weighted by Crippen LogP contribution is -2.56. The average molecular weight is 498 g/mol. The van der Waals surface area contributed by atoms with E-state index < -0.39 is 6.04 Å². The van der Waals surface area contributed by atoms with E-state index in [2.05, 4.69) is 15.2 Å². The molecule has 3 fully saturated rings. The van der Waals surface area contributed by atoms with E-state index >= 15 is 0 Å². The molecule has 1 N–H and O–H groups in total. The fourth-order valence-electron chi connectivity index (χ4n) is 5.07. The topological polar surface area (TPSA) is 85.9 Å². The van der Waals surface area contributed by atoms with Gasteiger partial charge >= 0.3 is 6.03 Å². The summed E-state index contributed by atoms with van der Waals surface area (Å²) in [6.45, 7) is 5.90. The largest absolute Gasteiger partial charge is 0.332 e. The van der Waals surface area contributed by atoms with Crippen molar-refractivity contribution in [3.05, 3.63) is 53.3 Å². The number of carbonyl (C=O) groups is 3. The summed E-state index contributed by atoms with van der Waals surface area (Å²) in [5, 5.41) is 2.96. The summed E-state index contributed by atoms with van der Waals surface area (Å²) in [7, 11) is 0. The molecule has 1 aromatic heterocycles. The number of hydrogen-bond donors (Lipinski definition) is 1. The minimum absolute atomic E-state index is 0.222. The molecule has 1 unspecified atom stereocenters. The molecule has 5 rings (SSSR count). The summed E-state index contributed by atoms with van der Waals surface area (Å²) in [5.74, 6) is -0.611. The lowest BCUT2D eigenvalue weighted by Gasteiger charge is -2.41. The molecule has 8 nitrogen and oxygen atoms in total. The average Bonchev–Trinajstić information content (AvgIpc) is 3.15.